The highest BCUT2D eigenvalue weighted by Gasteiger charge is 2.56. The van der Waals surface area contributed by atoms with E-state index in [4.69, 9.17) is 14.2 Å². The van der Waals surface area contributed by atoms with Crippen molar-refractivity contribution in [1.29, 1.82) is 0 Å². The minimum absolute atomic E-state index is 0.110. The molecule has 0 radical (unpaired) electrons. The average Bonchev–Trinajstić information content (AvgIpc) is 3.10. The summed E-state index contributed by atoms with van der Waals surface area (Å²) in [6, 6.07) is 20.2. The first-order chi connectivity index (χ1) is 15.0. The van der Waals surface area contributed by atoms with Crippen molar-refractivity contribution in [3.63, 3.8) is 0 Å². The summed E-state index contributed by atoms with van der Waals surface area (Å²) in [7, 11) is 3.04. The Morgan fingerprint density at radius 1 is 1.03 bits per heavy atom. The zero-order valence-corrected chi connectivity index (χ0v) is 18.7. The average molecular weight is 481 g/mol. The lowest BCUT2D eigenvalue weighted by molar-refractivity contribution is -0.109. The Hall–Kier alpha value is -3.12. The van der Waals surface area contributed by atoms with Gasteiger partial charge in [0.05, 0.1) is 14.2 Å². The van der Waals surface area contributed by atoms with Crippen molar-refractivity contribution in [3.8, 4) is 17.2 Å². The predicted molar refractivity (Wildman–Crippen MR) is 120 cm³/mol. The number of ketones is 1. The fraction of sp³-hybridized carbons (Fsp3) is 0.200. The number of halogens is 1. The molecule has 1 aliphatic heterocycles. The highest BCUT2D eigenvalue weighted by Crippen LogP contribution is 2.53. The first-order valence-electron chi connectivity index (χ1n) is 9.79. The number of methoxy groups -OCH3 is 2. The second-order valence-corrected chi connectivity index (χ2v) is 8.16. The van der Waals surface area contributed by atoms with E-state index in [1.54, 1.807) is 19.2 Å². The number of carbonyl (C=O) groups excluding carboxylic acids is 2. The lowest BCUT2D eigenvalue weighted by Crippen LogP contribution is -2.43. The Balaban J connectivity index is 1.99. The molecule has 0 bridgehead atoms. The maximum Gasteiger partial charge on any atom is 0.219 e. The molecule has 6 heteroatoms. The number of ether oxygens (including phenoxy) is 3. The molecule has 5 nitrogen and oxygen atoms in total. The van der Waals surface area contributed by atoms with Gasteiger partial charge in [-0.1, -0.05) is 58.4 Å². The van der Waals surface area contributed by atoms with Crippen molar-refractivity contribution in [2.75, 3.05) is 14.2 Å². The van der Waals surface area contributed by atoms with Crippen molar-refractivity contribution in [1.82, 2.24) is 0 Å². The van der Waals surface area contributed by atoms with Crippen LogP contribution in [0.15, 0.2) is 71.2 Å². The van der Waals surface area contributed by atoms with Gasteiger partial charge in [0, 0.05) is 34.5 Å². The molecule has 1 heterocycles. The Morgan fingerprint density at radius 3 is 2.35 bits per heavy atom. The Labute approximate surface area is 189 Å². The van der Waals surface area contributed by atoms with Crippen LogP contribution in [0.4, 0.5) is 0 Å². The van der Waals surface area contributed by atoms with Crippen LogP contribution in [0.3, 0.4) is 0 Å². The molecule has 0 fully saturated rings. The van der Waals surface area contributed by atoms with Crippen LogP contribution in [0.1, 0.15) is 33.8 Å². The van der Waals surface area contributed by atoms with Gasteiger partial charge in [-0.3, -0.25) is 4.79 Å². The van der Waals surface area contributed by atoms with Gasteiger partial charge in [-0.25, -0.2) is 0 Å². The van der Waals surface area contributed by atoms with E-state index in [2.05, 4.69) is 15.9 Å². The van der Waals surface area contributed by atoms with Crippen molar-refractivity contribution in [3.05, 3.63) is 87.9 Å². The van der Waals surface area contributed by atoms with Crippen LogP contribution >= 0.6 is 15.9 Å². The number of carbonyl (C=O) groups is 2. The number of benzene rings is 3. The van der Waals surface area contributed by atoms with Crippen LogP contribution in [-0.4, -0.2) is 26.3 Å². The number of aldehydes is 1. The molecule has 4 rings (SSSR count). The molecule has 0 amide bonds. The zero-order chi connectivity index (χ0) is 22.0. The third-order valence-electron chi connectivity index (χ3n) is 5.63. The van der Waals surface area contributed by atoms with E-state index in [1.807, 2.05) is 54.6 Å². The Bertz CT molecular complexity index is 1110. The molecule has 31 heavy (non-hydrogen) atoms. The third kappa shape index (κ3) is 3.51. The van der Waals surface area contributed by atoms with Gasteiger partial charge < -0.3 is 19.0 Å². The van der Waals surface area contributed by atoms with Crippen LogP contribution in [0.5, 0.6) is 17.2 Å². The molecule has 0 N–H and O–H groups in total. The molecule has 3 aromatic rings. The van der Waals surface area contributed by atoms with E-state index >= 15 is 0 Å². The number of Topliss-reactive ketones (excluding diaryl/α,β-unsaturated/α-hetero) is 1. The molecule has 3 aromatic carbocycles. The second-order valence-electron chi connectivity index (χ2n) is 7.24. The Kier molecular flexibility index (Phi) is 5.83. The van der Waals surface area contributed by atoms with Gasteiger partial charge in [0.15, 0.2) is 0 Å². The van der Waals surface area contributed by atoms with Gasteiger partial charge in [0.2, 0.25) is 11.4 Å². The number of hydrogen-bond donors (Lipinski definition) is 0. The molecule has 0 saturated carbocycles. The quantitative estimate of drug-likeness (QED) is 0.428. The largest absolute Gasteiger partial charge is 0.496 e. The summed E-state index contributed by atoms with van der Waals surface area (Å²) in [5, 5.41) is 0. The van der Waals surface area contributed by atoms with Gasteiger partial charge in [-0.15, -0.1) is 0 Å². The van der Waals surface area contributed by atoms with Gasteiger partial charge >= 0.3 is 0 Å². The van der Waals surface area contributed by atoms with E-state index < -0.39 is 11.5 Å². The standard InChI is InChI=1S/C25H21BrO5/c1-29-19-14-21(30-2)23-22(15-19)31-25(24(23)28,17-8-10-18(26)11-9-17)20(12-13-27)16-6-4-3-5-7-16/h3-11,13-15,20H,12H2,1-2H3. The monoisotopic (exact) mass is 480 g/mol. The normalized spacial score (nSPS) is 18.1. The van der Waals surface area contributed by atoms with E-state index in [1.165, 1.54) is 7.11 Å². The summed E-state index contributed by atoms with van der Waals surface area (Å²) in [6.45, 7) is 0. The predicted octanol–water partition coefficient (Wildman–Crippen LogP) is 5.31. The van der Waals surface area contributed by atoms with Gasteiger partial charge in [0.1, 0.15) is 29.1 Å². The molecule has 0 aliphatic carbocycles. The molecule has 0 spiro atoms. The van der Waals surface area contributed by atoms with Crippen LogP contribution in [0.25, 0.3) is 0 Å². The van der Waals surface area contributed by atoms with E-state index in [0.717, 1.165) is 16.3 Å². The lowest BCUT2D eigenvalue weighted by Gasteiger charge is -2.35. The summed E-state index contributed by atoms with van der Waals surface area (Å²) in [5.74, 6) is 0.469. The van der Waals surface area contributed by atoms with Crippen molar-refractivity contribution in [2.45, 2.75) is 17.9 Å². The topological polar surface area (TPSA) is 61.8 Å². The molecule has 158 valence electrons. The van der Waals surface area contributed by atoms with E-state index in [-0.39, 0.29) is 12.2 Å². The molecular weight excluding hydrogens is 460 g/mol. The summed E-state index contributed by atoms with van der Waals surface area (Å²) >= 11 is 3.45. The van der Waals surface area contributed by atoms with Gasteiger partial charge in [-0.2, -0.15) is 0 Å². The minimum Gasteiger partial charge on any atom is -0.496 e. The SMILES string of the molecule is COc1cc(OC)c2c(c1)OC(c1ccc(Br)cc1)(C(CC=O)c1ccccc1)C2=O. The summed E-state index contributed by atoms with van der Waals surface area (Å²) < 4.78 is 18.2. The van der Waals surface area contributed by atoms with Crippen LogP contribution in [0, 0.1) is 0 Å². The van der Waals surface area contributed by atoms with Crippen molar-refractivity contribution in [2.24, 2.45) is 0 Å². The fourth-order valence-electron chi connectivity index (χ4n) is 4.19. The molecule has 0 saturated heterocycles. The van der Waals surface area contributed by atoms with Crippen molar-refractivity contribution >= 4 is 28.0 Å². The van der Waals surface area contributed by atoms with Crippen molar-refractivity contribution < 1.29 is 23.8 Å². The maximum absolute atomic E-state index is 14.1. The number of fused-ring (bicyclic) bond motifs is 1. The molecule has 1 aliphatic rings. The minimum atomic E-state index is -1.43. The maximum atomic E-state index is 14.1. The van der Waals surface area contributed by atoms with Gasteiger partial charge in [0.25, 0.3) is 0 Å². The summed E-state index contributed by atoms with van der Waals surface area (Å²) in [6.07, 6.45) is 0.939. The van der Waals surface area contributed by atoms with Crippen LogP contribution in [0.2, 0.25) is 0 Å². The van der Waals surface area contributed by atoms with E-state index in [0.29, 0.717) is 28.4 Å². The van der Waals surface area contributed by atoms with Gasteiger partial charge in [-0.05, 0) is 17.7 Å². The summed E-state index contributed by atoms with van der Waals surface area (Å²) in [5.41, 5.74) is 0.418. The number of hydrogen-bond acceptors (Lipinski definition) is 5. The van der Waals surface area contributed by atoms with E-state index in [9.17, 15) is 9.59 Å². The number of rotatable bonds is 7. The van der Waals surface area contributed by atoms with Crippen LogP contribution < -0.4 is 14.2 Å². The molecule has 2 atom stereocenters. The highest BCUT2D eigenvalue weighted by atomic mass is 79.9. The fourth-order valence-corrected chi connectivity index (χ4v) is 4.46. The lowest BCUT2D eigenvalue weighted by atomic mass is 9.72. The van der Waals surface area contributed by atoms with Crippen LogP contribution in [-0.2, 0) is 10.4 Å². The first-order valence-corrected chi connectivity index (χ1v) is 10.6. The Morgan fingerprint density at radius 2 is 1.74 bits per heavy atom. The molecule has 2 unspecified atom stereocenters. The second kappa shape index (κ2) is 8.55. The third-order valence-corrected chi connectivity index (χ3v) is 6.16. The first kappa shape index (κ1) is 21.1. The highest BCUT2D eigenvalue weighted by molar-refractivity contribution is 9.10. The molecule has 0 aromatic heterocycles. The smallest absolute Gasteiger partial charge is 0.219 e. The molecular formula is C25H21BrO5. The zero-order valence-electron chi connectivity index (χ0n) is 17.1. The summed E-state index contributed by atoms with van der Waals surface area (Å²) in [4.78, 5) is 25.9.